The first kappa shape index (κ1) is 33.4. The molecule has 2 heterocycles. The zero-order chi connectivity index (χ0) is 27.8. The molecular weight excluding hydrogens is 554 g/mol. The standard InChI is InChI=1S/C14H18N3.3C7H7.Zr/c1-11-8-9-12(2)17(11)16-14(3,4)13-7-5-6-10-15-13;3*1-7-5-3-2-4-6-7;/h5-10H,1-4H3;3*2-6H,1H2;/q4*-1;+4. The van der Waals surface area contributed by atoms with Crippen LogP contribution >= 0.6 is 0 Å². The van der Waals surface area contributed by atoms with E-state index in [0.29, 0.717) is 0 Å². The second-order valence-electron chi connectivity index (χ2n) is 9.26. The Bertz CT molecular complexity index is 1170. The first-order chi connectivity index (χ1) is 18.2. The molecule has 0 N–H and O–H groups in total. The Hall–Kier alpha value is -3.62. The Kier molecular flexibility index (Phi) is 15.3. The molecule has 0 atom stereocenters. The number of nitrogens with zero attached hydrogens (tertiary/aromatic N) is 3. The minimum absolute atomic E-state index is 0. The van der Waals surface area contributed by atoms with Gasteiger partial charge in [-0.25, -0.2) is 0 Å². The van der Waals surface area contributed by atoms with Gasteiger partial charge in [0.25, 0.3) is 0 Å². The van der Waals surface area contributed by atoms with E-state index in [-0.39, 0.29) is 31.7 Å². The fourth-order valence-electron chi connectivity index (χ4n) is 3.28. The van der Waals surface area contributed by atoms with Crippen molar-refractivity contribution in [3.05, 3.63) is 187 Å². The molecular formula is C35H39N3Zr. The second-order valence-corrected chi connectivity index (χ2v) is 9.26. The number of hydrogen-bond donors (Lipinski definition) is 0. The SMILES string of the molecule is Cc1ccc(C)n1[N-]C(C)(C)c1ccccn1.[CH2-]c1ccccc1.[CH2-]c1ccccc1.[CH2-]c1ccccc1.[Zr+4]. The topological polar surface area (TPSA) is 31.9 Å². The van der Waals surface area contributed by atoms with E-state index in [1.807, 2.05) is 120 Å². The minimum atomic E-state index is -0.324. The van der Waals surface area contributed by atoms with Crippen LogP contribution in [0.25, 0.3) is 5.43 Å². The first-order valence-corrected chi connectivity index (χ1v) is 12.6. The molecule has 0 saturated heterocycles. The molecule has 0 fully saturated rings. The van der Waals surface area contributed by atoms with Crippen molar-refractivity contribution < 1.29 is 26.2 Å². The van der Waals surface area contributed by atoms with E-state index in [1.165, 1.54) is 0 Å². The van der Waals surface area contributed by atoms with Gasteiger partial charge in [0.2, 0.25) is 0 Å². The Morgan fingerprint density at radius 1 is 0.564 bits per heavy atom. The maximum absolute atomic E-state index is 4.77. The van der Waals surface area contributed by atoms with E-state index < -0.39 is 0 Å². The normalized spacial score (nSPS) is 9.64. The first-order valence-electron chi connectivity index (χ1n) is 12.6. The molecule has 0 spiro atoms. The van der Waals surface area contributed by atoms with Crippen molar-refractivity contribution in [1.29, 1.82) is 0 Å². The number of hydrogen-bond acceptors (Lipinski definition) is 1. The number of pyridine rings is 1. The summed E-state index contributed by atoms with van der Waals surface area (Å²) in [6.45, 7) is 19.4. The quantitative estimate of drug-likeness (QED) is 0.192. The molecule has 4 heteroatoms. The van der Waals surface area contributed by atoms with Gasteiger partial charge in [0.15, 0.2) is 0 Å². The maximum Gasteiger partial charge on any atom is 4.00 e. The number of aryl methyl sites for hydroxylation is 2. The average molecular weight is 593 g/mol. The van der Waals surface area contributed by atoms with Crippen molar-refractivity contribution in [2.75, 3.05) is 0 Å². The van der Waals surface area contributed by atoms with Crippen molar-refractivity contribution in [3.63, 3.8) is 0 Å². The van der Waals surface area contributed by atoms with E-state index in [1.54, 1.807) is 0 Å². The summed E-state index contributed by atoms with van der Waals surface area (Å²) in [6, 6.07) is 39.7. The van der Waals surface area contributed by atoms with Crippen molar-refractivity contribution in [1.82, 2.24) is 9.66 Å². The van der Waals surface area contributed by atoms with Crippen LogP contribution in [0.3, 0.4) is 0 Å². The molecule has 5 aromatic rings. The molecule has 0 saturated carbocycles. The molecule has 0 unspecified atom stereocenters. The third-order valence-corrected chi connectivity index (χ3v) is 5.40. The molecule has 3 nitrogen and oxygen atoms in total. The van der Waals surface area contributed by atoms with Gasteiger partial charge in [-0.05, 0) is 38.1 Å². The predicted octanol–water partition coefficient (Wildman–Crippen LogP) is 9.18. The summed E-state index contributed by atoms with van der Waals surface area (Å²) in [4.78, 5) is 4.38. The van der Waals surface area contributed by atoms with E-state index in [4.69, 9.17) is 5.43 Å². The van der Waals surface area contributed by atoms with Gasteiger partial charge in [0.05, 0.1) is 0 Å². The molecule has 0 aliphatic carbocycles. The smallest absolute Gasteiger partial charge is 0.607 e. The molecule has 2 aromatic heterocycles. The zero-order valence-corrected chi connectivity index (χ0v) is 26.0. The van der Waals surface area contributed by atoms with Gasteiger partial charge in [-0.1, -0.05) is 43.7 Å². The van der Waals surface area contributed by atoms with Crippen LogP contribution in [0.1, 0.15) is 47.6 Å². The third kappa shape index (κ3) is 13.1. The Morgan fingerprint density at radius 2 is 0.923 bits per heavy atom. The summed E-state index contributed by atoms with van der Waals surface area (Å²) < 4.78 is 1.98. The molecule has 0 bridgehead atoms. The summed E-state index contributed by atoms with van der Waals surface area (Å²) in [5.74, 6) is 0. The van der Waals surface area contributed by atoms with Gasteiger partial charge in [-0.3, -0.25) is 4.98 Å². The van der Waals surface area contributed by atoms with Gasteiger partial charge in [0, 0.05) is 23.3 Å². The van der Waals surface area contributed by atoms with Crippen LogP contribution in [0.4, 0.5) is 0 Å². The van der Waals surface area contributed by atoms with Crippen LogP contribution in [-0.2, 0) is 31.7 Å². The van der Waals surface area contributed by atoms with Gasteiger partial charge in [-0.2, -0.15) is 73.9 Å². The molecule has 0 aliphatic heterocycles. The molecule has 5 rings (SSSR count). The van der Waals surface area contributed by atoms with E-state index in [0.717, 1.165) is 33.8 Å². The van der Waals surface area contributed by atoms with Crippen molar-refractivity contribution in [2.24, 2.45) is 0 Å². The average Bonchev–Trinajstić information content (AvgIpc) is 3.23. The van der Waals surface area contributed by atoms with Crippen molar-refractivity contribution in [3.8, 4) is 0 Å². The van der Waals surface area contributed by atoms with Gasteiger partial charge < -0.3 is 10.1 Å². The monoisotopic (exact) mass is 591 g/mol. The molecule has 0 amide bonds. The zero-order valence-electron chi connectivity index (χ0n) is 23.6. The summed E-state index contributed by atoms with van der Waals surface area (Å²) in [6.07, 6.45) is 1.81. The van der Waals surface area contributed by atoms with E-state index in [2.05, 4.69) is 65.6 Å². The Morgan fingerprint density at radius 3 is 1.21 bits per heavy atom. The van der Waals surface area contributed by atoms with Crippen LogP contribution in [-0.4, -0.2) is 9.66 Å². The Labute approximate surface area is 255 Å². The van der Waals surface area contributed by atoms with E-state index >= 15 is 0 Å². The Balaban J connectivity index is 0.000000288. The van der Waals surface area contributed by atoms with Gasteiger partial charge >= 0.3 is 26.2 Å². The minimum Gasteiger partial charge on any atom is -0.607 e. The number of rotatable bonds is 3. The number of aromatic nitrogens is 2. The fraction of sp³-hybridized carbons (Fsp3) is 0.143. The molecule has 3 aromatic carbocycles. The van der Waals surface area contributed by atoms with Crippen molar-refractivity contribution >= 4 is 0 Å². The van der Waals surface area contributed by atoms with Crippen LogP contribution in [0.2, 0.25) is 0 Å². The summed E-state index contributed by atoms with van der Waals surface area (Å²) >= 11 is 0. The van der Waals surface area contributed by atoms with Crippen molar-refractivity contribution in [2.45, 2.75) is 33.2 Å². The predicted molar refractivity (Wildman–Crippen MR) is 163 cm³/mol. The molecule has 0 radical (unpaired) electrons. The maximum atomic E-state index is 4.77. The molecule has 39 heavy (non-hydrogen) atoms. The third-order valence-electron chi connectivity index (χ3n) is 5.40. The van der Waals surface area contributed by atoms with Crippen LogP contribution in [0.5, 0.6) is 0 Å². The van der Waals surface area contributed by atoms with Crippen LogP contribution in [0, 0.1) is 34.6 Å². The van der Waals surface area contributed by atoms with Crippen LogP contribution < -0.4 is 0 Å². The largest absolute Gasteiger partial charge is 4.00 e. The fourth-order valence-corrected chi connectivity index (χ4v) is 3.28. The van der Waals surface area contributed by atoms with E-state index in [9.17, 15) is 0 Å². The summed E-state index contributed by atoms with van der Waals surface area (Å²) in [7, 11) is 0. The number of benzene rings is 3. The molecule has 198 valence electrons. The van der Waals surface area contributed by atoms with Crippen LogP contribution in [0.15, 0.2) is 128 Å². The van der Waals surface area contributed by atoms with Gasteiger partial charge in [0.1, 0.15) is 0 Å². The summed E-state index contributed by atoms with van der Waals surface area (Å²) in [5.41, 5.74) is 10.9. The molecule has 0 aliphatic rings. The summed E-state index contributed by atoms with van der Waals surface area (Å²) in [5, 5.41) is 0. The second kappa shape index (κ2) is 17.8. The van der Waals surface area contributed by atoms with Gasteiger partial charge in [-0.15, -0.1) is 36.4 Å².